The number of nitrogens with two attached hydrogens (primary N) is 1. The largest absolute Gasteiger partial charge is 0.431 e. The number of nitrogens with one attached hydrogen (secondary N) is 2. The number of amides is 2. The number of carbonyl (C=O) groups is 2. The number of oxazole rings is 1. The van der Waals surface area contributed by atoms with Gasteiger partial charge in [0.25, 0.3) is 5.22 Å². The molecule has 7 aromatic rings. The average molecular weight is 873 g/mol. The molecule has 326 valence electrons. The SMILES string of the molecule is Nc1ccccc1NC(=O)CCCCCC(=O)NCc1ccccc1-c1ccc([C@@H]2O[C@H](CSc3nc(-c4ccccc4)c(-c4ccccc4)o3)C[C@H](c3ccc(CO)cc3)O2)cc1. The van der Waals surface area contributed by atoms with Gasteiger partial charge in [0.1, 0.15) is 5.69 Å². The van der Waals surface area contributed by atoms with Crippen LogP contribution < -0.4 is 16.4 Å². The third-order valence-electron chi connectivity index (χ3n) is 11.2. The number of aliphatic hydroxyl groups is 1. The van der Waals surface area contributed by atoms with Crippen LogP contribution in [0.3, 0.4) is 0 Å². The third-order valence-corrected chi connectivity index (χ3v) is 12.2. The number of benzene rings is 6. The highest BCUT2D eigenvalue weighted by Crippen LogP contribution is 2.41. The lowest BCUT2D eigenvalue weighted by Crippen LogP contribution is -2.31. The number of anilines is 2. The Morgan fingerprint density at radius 2 is 1.34 bits per heavy atom. The maximum absolute atomic E-state index is 12.9. The van der Waals surface area contributed by atoms with Crippen LogP contribution in [0.15, 0.2) is 167 Å². The lowest BCUT2D eigenvalue weighted by molar-refractivity contribution is -0.245. The first-order valence-electron chi connectivity index (χ1n) is 21.7. The van der Waals surface area contributed by atoms with Crippen LogP contribution in [0.5, 0.6) is 0 Å². The van der Waals surface area contributed by atoms with Crippen LogP contribution in [0.1, 0.15) is 73.2 Å². The van der Waals surface area contributed by atoms with Crippen molar-refractivity contribution in [1.29, 1.82) is 0 Å². The monoisotopic (exact) mass is 872 g/mol. The maximum atomic E-state index is 12.9. The van der Waals surface area contributed by atoms with Crippen LogP contribution in [-0.2, 0) is 32.2 Å². The number of hydrogen-bond acceptors (Lipinski definition) is 9. The summed E-state index contributed by atoms with van der Waals surface area (Å²) in [7, 11) is 0. The van der Waals surface area contributed by atoms with Gasteiger partial charge in [0.2, 0.25) is 11.8 Å². The second-order valence-electron chi connectivity index (χ2n) is 15.8. The van der Waals surface area contributed by atoms with E-state index in [0.29, 0.717) is 61.0 Å². The molecule has 1 aliphatic rings. The fourth-order valence-electron chi connectivity index (χ4n) is 7.76. The van der Waals surface area contributed by atoms with Gasteiger partial charge in [-0.15, -0.1) is 0 Å². The van der Waals surface area contributed by atoms with Gasteiger partial charge in [-0.25, -0.2) is 4.98 Å². The Hall–Kier alpha value is -6.50. The van der Waals surface area contributed by atoms with Crippen LogP contribution in [0.4, 0.5) is 11.4 Å². The normalized spacial score (nSPS) is 16.0. The Kier molecular flexibility index (Phi) is 15.0. The van der Waals surface area contributed by atoms with E-state index >= 15 is 0 Å². The average Bonchev–Trinajstić information content (AvgIpc) is 3.78. The topological polar surface area (TPSA) is 149 Å². The van der Waals surface area contributed by atoms with Gasteiger partial charge < -0.3 is 35.4 Å². The highest BCUT2D eigenvalue weighted by Gasteiger charge is 2.33. The molecule has 3 atom stereocenters. The van der Waals surface area contributed by atoms with Gasteiger partial charge in [-0.1, -0.05) is 164 Å². The molecule has 6 aromatic carbocycles. The summed E-state index contributed by atoms with van der Waals surface area (Å²) in [6.07, 6.45) is 2.46. The van der Waals surface area contributed by atoms with Crippen molar-refractivity contribution >= 4 is 35.0 Å². The van der Waals surface area contributed by atoms with Crippen LogP contribution in [0.2, 0.25) is 0 Å². The summed E-state index contributed by atoms with van der Waals surface area (Å²) >= 11 is 1.53. The van der Waals surface area contributed by atoms with E-state index in [4.69, 9.17) is 24.6 Å². The minimum absolute atomic E-state index is 0.0253. The summed E-state index contributed by atoms with van der Waals surface area (Å²) < 4.78 is 19.8. The Labute approximate surface area is 378 Å². The lowest BCUT2D eigenvalue weighted by atomic mass is 9.97. The first-order valence-corrected chi connectivity index (χ1v) is 22.7. The molecule has 5 N–H and O–H groups in total. The predicted octanol–water partition coefficient (Wildman–Crippen LogP) is 11.3. The van der Waals surface area contributed by atoms with Crippen molar-refractivity contribution in [2.75, 3.05) is 16.8 Å². The van der Waals surface area contributed by atoms with Crippen molar-refractivity contribution in [3.63, 3.8) is 0 Å². The number of aliphatic hydroxyl groups excluding tert-OH is 1. The number of para-hydroxylation sites is 2. The van der Waals surface area contributed by atoms with Crippen molar-refractivity contribution in [2.24, 2.45) is 0 Å². The molecule has 0 unspecified atom stereocenters. The summed E-state index contributed by atoms with van der Waals surface area (Å²) in [6.45, 7) is 0.368. The van der Waals surface area contributed by atoms with Crippen LogP contribution in [0.25, 0.3) is 33.7 Å². The molecule has 0 spiro atoms. The highest BCUT2D eigenvalue weighted by molar-refractivity contribution is 7.99. The molecule has 0 saturated carbocycles. The predicted molar refractivity (Wildman–Crippen MR) is 253 cm³/mol. The standard InChI is InChI=1S/C53H52N4O6S/c54-45-20-12-13-21-46(45)56-49(60)23-9-3-8-22-48(59)55-33-42-18-10-11-19-44(42)37-28-30-41(31-29-37)52-61-43(32-47(62-52)38-26-24-36(34-58)25-27-38)35-64-53-57-50(39-14-4-1-5-15-39)51(63-53)40-16-6-2-7-17-40/h1-2,4-7,10-21,24-31,43,47,52,58H,3,8-9,22-23,32-35,54H2,(H,55,59)(H,56,60)/t43-,47+,52+/m0/s1. The van der Waals surface area contributed by atoms with Crippen LogP contribution in [-0.4, -0.2) is 33.8 Å². The van der Waals surface area contributed by atoms with Gasteiger partial charge in [-0.05, 0) is 52.8 Å². The van der Waals surface area contributed by atoms with Crippen molar-refractivity contribution in [2.45, 2.75) is 75.4 Å². The molecule has 11 heteroatoms. The molecule has 0 radical (unpaired) electrons. The molecular weight excluding hydrogens is 821 g/mol. The number of unbranched alkanes of at least 4 members (excludes halogenated alkanes) is 2. The van der Waals surface area contributed by atoms with Crippen LogP contribution >= 0.6 is 11.8 Å². The fraction of sp³-hybridized carbons (Fsp3) is 0.226. The van der Waals surface area contributed by atoms with Crippen molar-refractivity contribution < 1.29 is 28.6 Å². The second-order valence-corrected chi connectivity index (χ2v) is 16.8. The van der Waals surface area contributed by atoms with E-state index in [2.05, 4.69) is 28.8 Å². The van der Waals surface area contributed by atoms with Gasteiger partial charge in [-0.2, -0.15) is 0 Å². The van der Waals surface area contributed by atoms with Gasteiger partial charge in [0.15, 0.2) is 12.1 Å². The minimum Gasteiger partial charge on any atom is -0.431 e. The van der Waals surface area contributed by atoms with Crippen molar-refractivity contribution in [3.05, 3.63) is 180 Å². The smallest absolute Gasteiger partial charge is 0.256 e. The van der Waals surface area contributed by atoms with E-state index < -0.39 is 6.29 Å². The Bertz CT molecular complexity index is 2550. The zero-order valence-electron chi connectivity index (χ0n) is 35.5. The number of aromatic nitrogens is 1. The molecule has 64 heavy (non-hydrogen) atoms. The molecule has 0 bridgehead atoms. The quantitative estimate of drug-likeness (QED) is 0.0375. The zero-order chi connectivity index (χ0) is 44.1. The molecule has 1 aromatic heterocycles. The molecule has 2 amide bonds. The fourth-order valence-corrected chi connectivity index (χ4v) is 8.60. The molecule has 8 rings (SSSR count). The number of ether oxygens (including phenoxy) is 2. The van der Waals surface area contributed by atoms with E-state index in [0.717, 1.165) is 62.4 Å². The van der Waals surface area contributed by atoms with Crippen LogP contribution in [0, 0.1) is 0 Å². The number of rotatable bonds is 18. The van der Waals surface area contributed by atoms with E-state index in [1.54, 1.807) is 12.1 Å². The zero-order valence-corrected chi connectivity index (χ0v) is 36.3. The molecular formula is C53H52N4O6S. The van der Waals surface area contributed by atoms with E-state index in [1.807, 2.05) is 127 Å². The highest BCUT2D eigenvalue weighted by atomic mass is 32.2. The molecule has 2 heterocycles. The van der Waals surface area contributed by atoms with Gasteiger partial charge in [-0.3, -0.25) is 9.59 Å². The Morgan fingerprint density at radius 1 is 0.688 bits per heavy atom. The summed E-state index contributed by atoms with van der Waals surface area (Å²) in [5, 5.41) is 16.2. The Morgan fingerprint density at radius 3 is 2.08 bits per heavy atom. The van der Waals surface area contributed by atoms with Gasteiger partial charge >= 0.3 is 0 Å². The molecule has 1 fully saturated rings. The number of carbonyl (C=O) groups excluding carboxylic acids is 2. The molecule has 1 aliphatic heterocycles. The summed E-state index contributed by atoms with van der Waals surface area (Å²) in [5.74, 6) is 1.21. The first-order chi connectivity index (χ1) is 31.4. The summed E-state index contributed by atoms with van der Waals surface area (Å²) in [6, 6.07) is 51.5. The van der Waals surface area contributed by atoms with Crippen molar-refractivity contribution in [1.82, 2.24) is 10.3 Å². The second kappa shape index (κ2) is 21.7. The number of thioether (sulfide) groups is 1. The van der Waals surface area contributed by atoms with E-state index in [1.165, 1.54) is 11.8 Å². The maximum Gasteiger partial charge on any atom is 0.256 e. The summed E-state index contributed by atoms with van der Waals surface area (Å²) in [4.78, 5) is 30.2. The molecule has 10 nitrogen and oxygen atoms in total. The first kappa shape index (κ1) is 44.1. The summed E-state index contributed by atoms with van der Waals surface area (Å²) in [5.41, 5.74) is 15.6. The van der Waals surface area contributed by atoms with Crippen molar-refractivity contribution in [3.8, 4) is 33.7 Å². The van der Waals surface area contributed by atoms with E-state index in [9.17, 15) is 14.7 Å². The lowest BCUT2D eigenvalue weighted by Gasteiger charge is -2.36. The third kappa shape index (κ3) is 11.5. The Balaban J connectivity index is 0.900. The molecule has 1 saturated heterocycles. The number of nitrogen functional groups attached to an aromatic ring is 1. The van der Waals surface area contributed by atoms with E-state index in [-0.39, 0.29) is 30.6 Å². The van der Waals surface area contributed by atoms with Gasteiger partial charge in [0.05, 0.1) is 30.2 Å². The number of hydrogen-bond donors (Lipinski definition) is 4. The minimum atomic E-state index is -0.633. The number of nitrogens with zero attached hydrogens (tertiary/aromatic N) is 1. The molecule has 0 aliphatic carbocycles. The van der Waals surface area contributed by atoms with Gasteiger partial charge in [0, 0.05) is 48.3 Å².